The summed E-state index contributed by atoms with van der Waals surface area (Å²) >= 11 is 0. The Morgan fingerprint density at radius 1 is 1.15 bits per heavy atom. The molecule has 0 aliphatic carbocycles. The van der Waals surface area contributed by atoms with Crippen LogP contribution in [0.2, 0.25) is 0 Å². The molecule has 2 aromatic rings. The normalized spacial score (nSPS) is 12.1. The van der Waals surface area contributed by atoms with Gasteiger partial charge < -0.3 is 5.73 Å². The fraction of sp³-hybridized carbons (Fsp3) is 0.308. The topological polar surface area (TPSA) is 81.2 Å². The number of aryl methyl sites for hydroxylation is 1. The van der Waals surface area contributed by atoms with Crippen molar-refractivity contribution in [1.82, 2.24) is 14.1 Å². The zero-order valence-corrected chi connectivity index (χ0v) is 12.8. The van der Waals surface area contributed by atoms with Gasteiger partial charge in [0.25, 0.3) is 0 Å². The predicted molar refractivity (Wildman–Crippen MR) is 78.3 cm³/mol. The number of rotatable bonds is 3. The predicted octanol–water partition coefficient (Wildman–Crippen LogP) is 1.32. The molecule has 0 radical (unpaired) electrons. The average molecular weight is 294 g/mol. The second kappa shape index (κ2) is 4.92. The SMILES string of the molecule is Cc1nn(-c2ccc(S(=O)(=O)N(C)C)cc2)c(C)c1N. The molecule has 0 aliphatic rings. The Kier molecular flexibility index (Phi) is 3.58. The lowest BCUT2D eigenvalue weighted by Gasteiger charge is -2.12. The lowest BCUT2D eigenvalue weighted by molar-refractivity contribution is 0.520. The van der Waals surface area contributed by atoms with Gasteiger partial charge in [0.15, 0.2) is 0 Å². The molecule has 1 aromatic heterocycles. The Hall–Kier alpha value is -1.86. The van der Waals surface area contributed by atoms with E-state index in [0.717, 1.165) is 17.1 Å². The number of benzene rings is 1. The first kappa shape index (κ1) is 14.5. The Morgan fingerprint density at radius 3 is 2.10 bits per heavy atom. The summed E-state index contributed by atoms with van der Waals surface area (Å²) in [5.41, 5.74) is 8.91. The van der Waals surface area contributed by atoms with Gasteiger partial charge in [-0.3, -0.25) is 0 Å². The lowest BCUT2D eigenvalue weighted by atomic mass is 10.3. The van der Waals surface area contributed by atoms with Crippen LogP contribution in [-0.4, -0.2) is 36.6 Å². The van der Waals surface area contributed by atoms with Crippen molar-refractivity contribution in [2.45, 2.75) is 18.7 Å². The molecule has 0 unspecified atom stereocenters. The number of hydrogen-bond donors (Lipinski definition) is 1. The van der Waals surface area contributed by atoms with Gasteiger partial charge in [-0.1, -0.05) is 0 Å². The maximum atomic E-state index is 12.0. The van der Waals surface area contributed by atoms with Crippen LogP contribution in [0.5, 0.6) is 0 Å². The van der Waals surface area contributed by atoms with E-state index in [-0.39, 0.29) is 4.90 Å². The second-order valence-corrected chi connectivity index (χ2v) is 6.93. The van der Waals surface area contributed by atoms with Crippen LogP contribution in [0, 0.1) is 13.8 Å². The van der Waals surface area contributed by atoms with Crippen LogP contribution in [0.4, 0.5) is 5.69 Å². The summed E-state index contributed by atoms with van der Waals surface area (Å²) in [7, 11) is -0.400. The van der Waals surface area contributed by atoms with E-state index in [1.807, 2.05) is 13.8 Å². The molecule has 108 valence electrons. The number of nitrogen functional groups attached to an aromatic ring is 1. The number of sulfonamides is 1. The monoisotopic (exact) mass is 294 g/mol. The van der Waals surface area contributed by atoms with Crippen molar-refractivity contribution in [3.05, 3.63) is 35.7 Å². The van der Waals surface area contributed by atoms with Crippen molar-refractivity contribution in [3.63, 3.8) is 0 Å². The molecule has 1 heterocycles. The Morgan fingerprint density at radius 2 is 1.70 bits per heavy atom. The number of aromatic nitrogens is 2. The molecule has 0 spiro atoms. The fourth-order valence-corrected chi connectivity index (χ4v) is 2.78. The number of anilines is 1. The van der Waals surface area contributed by atoms with Crippen molar-refractivity contribution in [2.24, 2.45) is 0 Å². The summed E-state index contributed by atoms with van der Waals surface area (Å²) in [5, 5.41) is 4.34. The third-order valence-electron chi connectivity index (χ3n) is 3.21. The lowest BCUT2D eigenvalue weighted by Crippen LogP contribution is -2.22. The van der Waals surface area contributed by atoms with Crippen molar-refractivity contribution >= 4 is 15.7 Å². The standard InChI is InChI=1S/C13H18N4O2S/c1-9-13(14)10(2)17(15-9)11-5-7-12(8-6-11)20(18,19)16(3)4/h5-8H,14H2,1-4H3. The highest BCUT2D eigenvalue weighted by Gasteiger charge is 2.17. The van der Waals surface area contributed by atoms with E-state index in [4.69, 9.17) is 5.73 Å². The molecular formula is C13H18N4O2S. The molecule has 2 N–H and O–H groups in total. The molecule has 2 rings (SSSR count). The zero-order valence-electron chi connectivity index (χ0n) is 12.0. The molecule has 0 fully saturated rings. The van der Waals surface area contributed by atoms with Gasteiger partial charge >= 0.3 is 0 Å². The van der Waals surface area contributed by atoms with Crippen LogP contribution in [-0.2, 0) is 10.0 Å². The molecule has 0 amide bonds. The molecule has 7 heteroatoms. The van der Waals surface area contributed by atoms with E-state index in [1.165, 1.54) is 18.4 Å². The fourth-order valence-electron chi connectivity index (χ4n) is 1.88. The highest BCUT2D eigenvalue weighted by molar-refractivity contribution is 7.89. The summed E-state index contributed by atoms with van der Waals surface area (Å²) in [6.45, 7) is 3.71. The third-order valence-corrected chi connectivity index (χ3v) is 5.04. The maximum absolute atomic E-state index is 12.0. The summed E-state index contributed by atoms with van der Waals surface area (Å²) < 4.78 is 26.9. The van der Waals surface area contributed by atoms with Crippen LogP contribution in [0.25, 0.3) is 5.69 Å². The minimum absolute atomic E-state index is 0.251. The van der Waals surface area contributed by atoms with E-state index < -0.39 is 10.0 Å². The third kappa shape index (κ3) is 2.30. The first-order valence-corrected chi connectivity index (χ1v) is 7.54. The van der Waals surface area contributed by atoms with Gasteiger partial charge in [-0.25, -0.2) is 17.4 Å². The smallest absolute Gasteiger partial charge is 0.242 e. The molecule has 0 bridgehead atoms. The van der Waals surface area contributed by atoms with Gasteiger partial charge in [-0.15, -0.1) is 0 Å². The first-order valence-electron chi connectivity index (χ1n) is 6.10. The molecule has 0 aliphatic heterocycles. The molecule has 0 saturated carbocycles. The van der Waals surface area contributed by atoms with Crippen molar-refractivity contribution in [3.8, 4) is 5.69 Å². The van der Waals surface area contributed by atoms with Crippen LogP contribution >= 0.6 is 0 Å². The van der Waals surface area contributed by atoms with Gasteiger partial charge in [0.2, 0.25) is 10.0 Å². The van der Waals surface area contributed by atoms with Gasteiger partial charge in [0.1, 0.15) is 0 Å². The molecule has 0 saturated heterocycles. The second-order valence-electron chi connectivity index (χ2n) is 4.78. The van der Waals surface area contributed by atoms with E-state index in [9.17, 15) is 8.42 Å². The van der Waals surface area contributed by atoms with Crippen LogP contribution in [0.1, 0.15) is 11.4 Å². The quantitative estimate of drug-likeness (QED) is 0.925. The molecule has 1 aromatic carbocycles. The Labute approximate surface area is 118 Å². The van der Waals surface area contributed by atoms with E-state index in [2.05, 4.69) is 5.10 Å². The average Bonchev–Trinajstić information content (AvgIpc) is 2.66. The molecule has 0 atom stereocenters. The Balaban J connectivity index is 2.46. The van der Waals surface area contributed by atoms with Crippen molar-refractivity contribution < 1.29 is 8.42 Å². The van der Waals surface area contributed by atoms with Gasteiger partial charge in [0, 0.05) is 14.1 Å². The van der Waals surface area contributed by atoms with Crippen molar-refractivity contribution in [2.75, 3.05) is 19.8 Å². The highest BCUT2D eigenvalue weighted by atomic mass is 32.2. The van der Waals surface area contributed by atoms with E-state index >= 15 is 0 Å². The number of nitrogens with two attached hydrogens (primary N) is 1. The summed E-state index contributed by atoms with van der Waals surface area (Å²) in [5.74, 6) is 0. The van der Waals surface area contributed by atoms with Gasteiger partial charge in [-0.05, 0) is 38.1 Å². The minimum Gasteiger partial charge on any atom is -0.396 e. The van der Waals surface area contributed by atoms with E-state index in [1.54, 1.807) is 28.9 Å². The van der Waals surface area contributed by atoms with Crippen LogP contribution in [0.15, 0.2) is 29.2 Å². The van der Waals surface area contributed by atoms with Gasteiger partial charge in [0.05, 0.1) is 27.7 Å². The summed E-state index contributed by atoms with van der Waals surface area (Å²) in [6.07, 6.45) is 0. The number of hydrogen-bond acceptors (Lipinski definition) is 4. The van der Waals surface area contributed by atoms with Crippen molar-refractivity contribution in [1.29, 1.82) is 0 Å². The highest BCUT2D eigenvalue weighted by Crippen LogP contribution is 2.21. The minimum atomic E-state index is -3.41. The molecule has 20 heavy (non-hydrogen) atoms. The molecular weight excluding hydrogens is 276 g/mol. The van der Waals surface area contributed by atoms with Gasteiger partial charge in [-0.2, -0.15) is 5.10 Å². The largest absolute Gasteiger partial charge is 0.396 e. The zero-order chi connectivity index (χ0) is 15.1. The first-order chi connectivity index (χ1) is 9.25. The van der Waals surface area contributed by atoms with Crippen LogP contribution < -0.4 is 5.73 Å². The summed E-state index contributed by atoms with van der Waals surface area (Å²) in [6, 6.07) is 6.57. The maximum Gasteiger partial charge on any atom is 0.242 e. The summed E-state index contributed by atoms with van der Waals surface area (Å²) in [4.78, 5) is 0.251. The number of nitrogens with zero attached hydrogens (tertiary/aromatic N) is 3. The van der Waals surface area contributed by atoms with Crippen LogP contribution in [0.3, 0.4) is 0 Å². The molecule has 6 nitrogen and oxygen atoms in total. The van der Waals surface area contributed by atoms with E-state index in [0.29, 0.717) is 5.69 Å². The Bertz CT molecular complexity index is 730.